The number of aliphatic hydroxyl groups is 1. The molecule has 0 spiro atoms. The van der Waals surface area contributed by atoms with Gasteiger partial charge in [0.25, 0.3) is 11.7 Å². The number of ether oxygens (including phenoxy) is 2. The fraction of sp³-hybridized carbons (Fsp3) is 0.200. The molecule has 6 nitrogen and oxygen atoms in total. The highest BCUT2D eigenvalue weighted by atomic mass is 16.5. The molecule has 0 aromatic heterocycles. The minimum absolute atomic E-state index is 0.0483. The Hall–Kier alpha value is -4.32. The molecule has 1 N–H and O–H groups in total. The Kier molecular flexibility index (Phi) is 6.34. The molecule has 1 saturated heterocycles. The van der Waals surface area contributed by atoms with E-state index in [1.165, 1.54) is 4.90 Å². The first-order valence-corrected chi connectivity index (χ1v) is 11.9. The van der Waals surface area contributed by atoms with Crippen LogP contribution in [0.4, 0.5) is 0 Å². The number of ketones is 1. The molecule has 1 fully saturated rings. The maximum absolute atomic E-state index is 13.4. The molecular weight excluding hydrogens is 454 g/mol. The Bertz CT molecular complexity index is 1360. The summed E-state index contributed by atoms with van der Waals surface area (Å²) in [6.07, 6.45) is 2.41. The van der Waals surface area contributed by atoms with E-state index in [-0.39, 0.29) is 24.0 Å². The lowest BCUT2D eigenvalue weighted by Crippen LogP contribution is -2.29. The fourth-order valence-electron chi connectivity index (χ4n) is 4.82. The van der Waals surface area contributed by atoms with Crippen LogP contribution in [-0.2, 0) is 22.6 Å². The Morgan fingerprint density at radius 2 is 1.92 bits per heavy atom. The topological polar surface area (TPSA) is 76.1 Å². The number of aliphatic hydroxyl groups excluding tert-OH is 1. The SMILES string of the molecule is C=CCOc1cccc([C@@H]2/C(=C(\O)c3ccc4c(c3)C[C@@H](C)O4)C(=O)C(=O)N2Cc2ccccc2)c1. The van der Waals surface area contributed by atoms with Gasteiger partial charge < -0.3 is 19.5 Å². The van der Waals surface area contributed by atoms with Crippen molar-refractivity contribution in [3.05, 3.63) is 113 Å². The molecule has 6 heteroatoms. The molecule has 3 aromatic rings. The first-order valence-electron chi connectivity index (χ1n) is 11.9. The van der Waals surface area contributed by atoms with E-state index in [1.807, 2.05) is 55.5 Å². The number of Topliss-reactive ketones (excluding diaryl/α,β-unsaturated/α-hetero) is 1. The quantitative estimate of drug-likeness (QED) is 0.217. The van der Waals surface area contributed by atoms with E-state index < -0.39 is 17.7 Å². The number of carbonyl (C=O) groups is 2. The largest absolute Gasteiger partial charge is 0.507 e. The lowest BCUT2D eigenvalue weighted by molar-refractivity contribution is -0.140. The Balaban J connectivity index is 1.62. The minimum Gasteiger partial charge on any atom is -0.507 e. The van der Waals surface area contributed by atoms with E-state index in [0.717, 1.165) is 16.9 Å². The number of benzene rings is 3. The summed E-state index contributed by atoms with van der Waals surface area (Å²) in [7, 11) is 0. The van der Waals surface area contributed by atoms with Crippen LogP contribution < -0.4 is 9.47 Å². The van der Waals surface area contributed by atoms with E-state index in [0.29, 0.717) is 29.9 Å². The van der Waals surface area contributed by atoms with Crippen molar-refractivity contribution >= 4 is 17.4 Å². The molecule has 0 saturated carbocycles. The van der Waals surface area contributed by atoms with Gasteiger partial charge in [0.2, 0.25) is 0 Å². The van der Waals surface area contributed by atoms with Gasteiger partial charge in [-0.3, -0.25) is 9.59 Å². The van der Waals surface area contributed by atoms with Crippen molar-refractivity contribution in [3.8, 4) is 11.5 Å². The van der Waals surface area contributed by atoms with E-state index in [1.54, 1.807) is 30.3 Å². The molecule has 36 heavy (non-hydrogen) atoms. The van der Waals surface area contributed by atoms with Crippen LogP contribution in [0.3, 0.4) is 0 Å². The van der Waals surface area contributed by atoms with Gasteiger partial charge in [0.15, 0.2) is 0 Å². The number of hydrogen-bond donors (Lipinski definition) is 1. The van der Waals surface area contributed by atoms with Crippen molar-refractivity contribution in [2.45, 2.75) is 32.0 Å². The number of amides is 1. The summed E-state index contributed by atoms with van der Waals surface area (Å²) in [6.45, 7) is 6.21. The fourth-order valence-corrected chi connectivity index (χ4v) is 4.82. The summed E-state index contributed by atoms with van der Waals surface area (Å²) in [5.74, 6) is -0.209. The number of rotatable bonds is 7. The molecule has 182 valence electrons. The Labute approximate surface area is 210 Å². The summed E-state index contributed by atoms with van der Waals surface area (Å²) >= 11 is 0. The van der Waals surface area contributed by atoms with Crippen molar-refractivity contribution in [2.24, 2.45) is 0 Å². The van der Waals surface area contributed by atoms with Crippen LogP contribution in [0.5, 0.6) is 11.5 Å². The molecule has 3 aromatic carbocycles. The van der Waals surface area contributed by atoms with Crippen LogP contribution in [0.1, 0.15) is 35.2 Å². The van der Waals surface area contributed by atoms with Gasteiger partial charge in [-0.25, -0.2) is 0 Å². The molecule has 0 radical (unpaired) electrons. The zero-order valence-electron chi connectivity index (χ0n) is 20.0. The molecule has 5 rings (SSSR count). The maximum atomic E-state index is 13.4. The standard InChI is InChI=1S/C30H27NO5/c1-3-14-35-24-11-7-10-21(17-24)27-26(28(32)22-12-13-25-23(16-22)15-19(2)36-25)29(33)30(34)31(27)18-20-8-5-4-6-9-20/h3-13,16-17,19,27,32H,1,14-15,18H2,2H3/b28-26+/t19-,27-/m1/s1. The summed E-state index contributed by atoms with van der Waals surface area (Å²) in [5.41, 5.74) is 3.05. The van der Waals surface area contributed by atoms with Crippen molar-refractivity contribution in [1.29, 1.82) is 0 Å². The molecule has 0 unspecified atom stereocenters. The highest BCUT2D eigenvalue weighted by Gasteiger charge is 2.46. The number of fused-ring (bicyclic) bond motifs is 1. The summed E-state index contributed by atoms with van der Waals surface area (Å²) < 4.78 is 11.5. The van der Waals surface area contributed by atoms with Gasteiger partial charge >= 0.3 is 0 Å². The lowest BCUT2D eigenvalue weighted by atomic mass is 9.94. The molecule has 2 heterocycles. The normalized spacial score (nSPS) is 20.2. The van der Waals surface area contributed by atoms with Crippen LogP contribution in [0.2, 0.25) is 0 Å². The predicted octanol–water partition coefficient (Wildman–Crippen LogP) is 5.20. The third-order valence-electron chi connectivity index (χ3n) is 6.45. The van der Waals surface area contributed by atoms with E-state index in [9.17, 15) is 14.7 Å². The van der Waals surface area contributed by atoms with Crippen molar-refractivity contribution in [3.63, 3.8) is 0 Å². The van der Waals surface area contributed by atoms with Crippen LogP contribution in [0.15, 0.2) is 91.0 Å². The minimum atomic E-state index is -0.777. The lowest BCUT2D eigenvalue weighted by Gasteiger charge is -2.26. The molecule has 2 atom stereocenters. The number of hydrogen-bond acceptors (Lipinski definition) is 5. The third kappa shape index (κ3) is 4.38. The van der Waals surface area contributed by atoms with E-state index >= 15 is 0 Å². The van der Waals surface area contributed by atoms with Crippen LogP contribution in [0, 0.1) is 0 Å². The first-order chi connectivity index (χ1) is 17.5. The van der Waals surface area contributed by atoms with E-state index in [4.69, 9.17) is 9.47 Å². The van der Waals surface area contributed by atoms with Gasteiger partial charge in [-0.2, -0.15) is 0 Å². The zero-order valence-corrected chi connectivity index (χ0v) is 20.0. The third-order valence-corrected chi connectivity index (χ3v) is 6.45. The zero-order chi connectivity index (χ0) is 25.2. The number of likely N-dealkylation sites (tertiary alicyclic amines) is 1. The van der Waals surface area contributed by atoms with Crippen LogP contribution in [-0.4, -0.2) is 34.4 Å². The second-order valence-corrected chi connectivity index (χ2v) is 9.04. The van der Waals surface area contributed by atoms with Crippen molar-refractivity contribution in [1.82, 2.24) is 4.90 Å². The van der Waals surface area contributed by atoms with Crippen molar-refractivity contribution in [2.75, 3.05) is 6.61 Å². The van der Waals surface area contributed by atoms with Crippen molar-refractivity contribution < 1.29 is 24.2 Å². The van der Waals surface area contributed by atoms with Gasteiger partial charge in [-0.15, -0.1) is 0 Å². The monoisotopic (exact) mass is 481 g/mol. The van der Waals surface area contributed by atoms with Crippen LogP contribution >= 0.6 is 0 Å². The predicted molar refractivity (Wildman–Crippen MR) is 137 cm³/mol. The Morgan fingerprint density at radius 1 is 1.11 bits per heavy atom. The molecule has 2 aliphatic heterocycles. The second-order valence-electron chi connectivity index (χ2n) is 9.04. The average Bonchev–Trinajstić information content (AvgIpc) is 3.39. The summed E-state index contributed by atoms with van der Waals surface area (Å²) in [4.78, 5) is 28.2. The van der Waals surface area contributed by atoms with E-state index in [2.05, 4.69) is 6.58 Å². The number of nitrogens with zero attached hydrogens (tertiary/aromatic N) is 1. The van der Waals surface area contributed by atoms with Gasteiger partial charge in [-0.1, -0.05) is 55.1 Å². The highest BCUT2D eigenvalue weighted by molar-refractivity contribution is 6.46. The second kappa shape index (κ2) is 9.74. The van der Waals surface area contributed by atoms with Gasteiger partial charge in [0, 0.05) is 18.5 Å². The van der Waals surface area contributed by atoms with Gasteiger partial charge in [-0.05, 0) is 53.9 Å². The highest BCUT2D eigenvalue weighted by Crippen LogP contribution is 2.42. The van der Waals surface area contributed by atoms with Crippen LogP contribution in [0.25, 0.3) is 5.76 Å². The number of carbonyl (C=O) groups excluding carboxylic acids is 2. The summed E-state index contributed by atoms with van der Waals surface area (Å²) in [6, 6.07) is 21.3. The van der Waals surface area contributed by atoms with Gasteiger partial charge in [0.1, 0.15) is 30.0 Å². The Morgan fingerprint density at radius 3 is 2.69 bits per heavy atom. The average molecular weight is 482 g/mol. The maximum Gasteiger partial charge on any atom is 0.295 e. The molecule has 0 aliphatic carbocycles. The molecule has 1 amide bonds. The van der Waals surface area contributed by atoms with Gasteiger partial charge in [0.05, 0.1) is 11.6 Å². The smallest absolute Gasteiger partial charge is 0.295 e. The summed E-state index contributed by atoms with van der Waals surface area (Å²) in [5, 5.41) is 11.4. The molecule has 0 bridgehead atoms. The molecule has 2 aliphatic rings. The molecular formula is C30H27NO5. The first kappa shape index (κ1) is 23.4.